The zero-order chi connectivity index (χ0) is 17.1. The van der Waals surface area contributed by atoms with Crippen LogP contribution in [0.5, 0.6) is 5.75 Å². The Morgan fingerprint density at radius 3 is 2.26 bits per heavy atom. The Morgan fingerprint density at radius 1 is 1.13 bits per heavy atom. The van der Waals surface area contributed by atoms with Gasteiger partial charge in [-0.05, 0) is 29.1 Å². The SMILES string of the molecule is COc1ccc([C@@H](CNS(C)(=O)=O)S(=O)(=O)c2cccs2)cc1. The fraction of sp³-hybridized carbons (Fsp3) is 0.286. The Kier molecular flexibility index (Phi) is 5.45. The van der Waals surface area contributed by atoms with Crippen LogP contribution in [-0.4, -0.2) is 36.7 Å². The summed E-state index contributed by atoms with van der Waals surface area (Å²) in [5, 5.41) is 0.656. The number of sulfonamides is 1. The molecule has 6 nitrogen and oxygen atoms in total. The van der Waals surface area contributed by atoms with Gasteiger partial charge in [-0.2, -0.15) is 0 Å². The van der Waals surface area contributed by atoms with Gasteiger partial charge in [0.1, 0.15) is 15.2 Å². The maximum Gasteiger partial charge on any atom is 0.208 e. The molecule has 0 fully saturated rings. The van der Waals surface area contributed by atoms with E-state index in [-0.39, 0.29) is 10.8 Å². The summed E-state index contributed by atoms with van der Waals surface area (Å²) in [6.07, 6.45) is 0.996. The molecular weight excluding hydrogens is 358 g/mol. The molecule has 1 heterocycles. The van der Waals surface area contributed by atoms with Gasteiger partial charge < -0.3 is 4.74 Å². The molecule has 1 aromatic carbocycles. The van der Waals surface area contributed by atoms with Gasteiger partial charge in [0.25, 0.3) is 0 Å². The monoisotopic (exact) mass is 375 g/mol. The Labute approximate surface area is 140 Å². The van der Waals surface area contributed by atoms with Crippen LogP contribution in [0, 0.1) is 0 Å². The smallest absolute Gasteiger partial charge is 0.208 e. The first-order chi connectivity index (χ1) is 10.7. The van der Waals surface area contributed by atoms with Gasteiger partial charge in [-0.15, -0.1) is 11.3 Å². The van der Waals surface area contributed by atoms with Gasteiger partial charge in [-0.25, -0.2) is 21.6 Å². The van der Waals surface area contributed by atoms with E-state index in [4.69, 9.17) is 4.74 Å². The maximum atomic E-state index is 12.8. The molecule has 0 unspecified atom stereocenters. The lowest BCUT2D eigenvalue weighted by atomic mass is 10.1. The van der Waals surface area contributed by atoms with Crippen LogP contribution in [0.15, 0.2) is 46.0 Å². The molecule has 126 valence electrons. The molecule has 0 amide bonds. The van der Waals surface area contributed by atoms with Crippen LogP contribution in [0.3, 0.4) is 0 Å². The zero-order valence-corrected chi connectivity index (χ0v) is 15.0. The third-order valence-corrected chi connectivity index (χ3v) is 7.39. The number of sulfone groups is 1. The van der Waals surface area contributed by atoms with Crippen LogP contribution in [0.2, 0.25) is 0 Å². The maximum absolute atomic E-state index is 12.8. The second kappa shape index (κ2) is 7.00. The van der Waals surface area contributed by atoms with Gasteiger partial charge in [0.15, 0.2) is 9.84 Å². The van der Waals surface area contributed by atoms with Crippen LogP contribution in [0.25, 0.3) is 0 Å². The molecular formula is C14H17NO5S3. The predicted molar refractivity (Wildman–Crippen MR) is 90.1 cm³/mol. The zero-order valence-electron chi connectivity index (χ0n) is 12.6. The second-order valence-electron chi connectivity index (χ2n) is 4.86. The van der Waals surface area contributed by atoms with Crippen molar-refractivity contribution in [3.05, 3.63) is 47.3 Å². The standard InChI is InChI=1S/C14H17NO5S3/c1-20-12-7-5-11(6-8-12)13(10-15-22(2,16)17)23(18,19)14-4-3-9-21-14/h3-9,13,15H,10H2,1-2H3/t13-/m1/s1. The van der Waals surface area contributed by atoms with Crippen molar-refractivity contribution in [2.45, 2.75) is 9.46 Å². The van der Waals surface area contributed by atoms with Gasteiger partial charge in [0, 0.05) is 6.54 Å². The van der Waals surface area contributed by atoms with E-state index in [1.165, 1.54) is 13.2 Å². The van der Waals surface area contributed by atoms with Crippen molar-refractivity contribution in [3.63, 3.8) is 0 Å². The van der Waals surface area contributed by atoms with Gasteiger partial charge >= 0.3 is 0 Å². The third-order valence-electron chi connectivity index (χ3n) is 3.17. The summed E-state index contributed by atoms with van der Waals surface area (Å²) in [5.41, 5.74) is 0.496. The highest BCUT2D eigenvalue weighted by atomic mass is 32.2. The summed E-state index contributed by atoms with van der Waals surface area (Å²) in [5.74, 6) is 0.595. The number of thiophene rings is 1. The highest BCUT2D eigenvalue weighted by Gasteiger charge is 2.30. The lowest BCUT2D eigenvalue weighted by molar-refractivity contribution is 0.414. The van der Waals surface area contributed by atoms with E-state index >= 15 is 0 Å². The van der Waals surface area contributed by atoms with E-state index in [1.54, 1.807) is 35.7 Å². The van der Waals surface area contributed by atoms with Crippen molar-refractivity contribution in [2.75, 3.05) is 19.9 Å². The number of methoxy groups -OCH3 is 1. The number of hydrogen-bond acceptors (Lipinski definition) is 6. The number of benzene rings is 1. The Morgan fingerprint density at radius 2 is 1.78 bits per heavy atom. The van der Waals surface area contributed by atoms with Crippen molar-refractivity contribution in [1.29, 1.82) is 0 Å². The number of ether oxygens (including phenoxy) is 1. The molecule has 0 bridgehead atoms. The highest BCUT2D eigenvalue weighted by molar-refractivity contribution is 7.93. The van der Waals surface area contributed by atoms with Crippen LogP contribution in [0.1, 0.15) is 10.8 Å². The Balaban J connectivity index is 2.42. The first kappa shape index (κ1) is 17.9. The quantitative estimate of drug-likeness (QED) is 0.797. The van der Waals surface area contributed by atoms with Crippen molar-refractivity contribution < 1.29 is 21.6 Å². The first-order valence-electron chi connectivity index (χ1n) is 6.60. The minimum atomic E-state index is -3.70. The van der Waals surface area contributed by atoms with Crippen molar-refractivity contribution in [2.24, 2.45) is 0 Å². The minimum Gasteiger partial charge on any atom is -0.497 e. The van der Waals surface area contributed by atoms with E-state index < -0.39 is 25.1 Å². The minimum absolute atomic E-state index is 0.202. The topological polar surface area (TPSA) is 89.5 Å². The number of nitrogens with one attached hydrogen (secondary N) is 1. The number of rotatable bonds is 7. The average Bonchev–Trinajstić information content (AvgIpc) is 3.01. The predicted octanol–water partition coefficient (Wildman–Crippen LogP) is 1.82. The molecule has 0 spiro atoms. The molecule has 0 saturated carbocycles. The fourth-order valence-corrected chi connectivity index (χ4v) is 5.46. The van der Waals surface area contributed by atoms with Crippen LogP contribution in [-0.2, 0) is 19.9 Å². The van der Waals surface area contributed by atoms with Crippen molar-refractivity contribution in [3.8, 4) is 5.75 Å². The Bertz CT molecular complexity index is 840. The molecule has 0 aliphatic carbocycles. The van der Waals surface area contributed by atoms with Crippen molar-refractivity contribution >= 4 is 31.2 Å². The van der Waals surface area contributed by atoms with Crippen LogP contribution in [0.4, 0.5) is 0 Å². The van der Waals surface area contributed by atoms with Gasteiger partial charge in [0.2, 0.25) is 10.0 Å². The average molecular weight is 375 g/mol. The summed E-state index contributed by atoms with van der Waals surface area (Å²) < 4.78 is 55.9. The molecule has 23 heavy (non-hydrogen) atoms. The molecule has 0 aliphatic heterocycles. The lowest BCUT2D eigenvalue weighted by Gasteiger charge is -2.18. The van der Waals surface area contributed by atoms with E-state index in [9.17, 15) is 16.8 Å². The largest absolute Gasteiger partial charge is 0.497 e. The summed E-state index contributed by atoms with van der Waals surface area (Å²) in [4.78, 5) is 0. The van der Waals surface area contributed by atoms with Gasteiger partial charge in [0.05, 0.1) is 13.4 Å². The number of hydrogen-bond donors (Lipinski definition) is 1. The molecule has 2 rings (SSSR count). The first-order valence-corrected chi connectivity index (χ1v) is 10.9. The summed E-state index contributed by atoms with van der Waals surface area (Å²) in [7, 11) is -5.69. The molecule has 9 heteroatoms. The van der Waals surface area contributed by atoms with E-state index in [1.807, 2.05) is 0 Å². The normalized spacial score (nSPS) is 13.7. The van der Waals surface area contributed by atoms with Crippen LogP contribution < -0.4 is 9.46 Å². The fourth-order valence-electron chi connectivity index (χ4n) is 2.02. The second-order valence-corrected chi connectivity index (χ2v) is 10.00. The molecule has 1 N–H and O–H groups in total. The summed E-state index contributed by atoms with van der Waals surface area (Å²) in [6.45, 7) is -0.231. The Hall–Kier alpha value is -1.42. The third kappa shape index (κ3) is 4.54. The summed E-state index contributed by atoms with van der Waals surface area (Å²) >= 11 is 1.10. The van der Waals surface area contributed by atoms with E-state index in [2.05, 4.69) is 4.72 Å². The summed E-state index contributed by atoms with van der Waals surface area (Å²) in [6, 6.07) is 9.69. The van der Waals surface area contributed by atoms with Gasteiger partial charge in [-0.1, -0.05) is 18.2 Å². The lowest BCUT2D eigenvalue weighted by Crippen LogP contribution is -2.31. The van der Waals surface area contributed by atoms with Crippen LogP contribution >= 0.6 is 11.3 Å². The van der Waals surface area contributed by atoms with Gasteiger partial charge in [-0.3, -0.25) is 0 Å². The molecule has 2 aromatic rings. The molecule has 1 aromatic heterocycles. The molecule has 0 aliphatic rings. The molecule has 0 radical (unpaired) electrons. The molecule has 0 saturated heterocycles. The van der Waals surface area contributed by atoms with E-state index in [0.717, 1.165) is 17.6 Å². The molecule has 1 atom stereocenters. The van der Waals surface area contributed by atoms with Crippen molar-refractivity contribution in [1.82, 2.24) is 4.72 Å². The van der Waals surface area contributed by atoms with E-state index in [0.29, 0.717) is 11.3 Å². The highest BCUT2D eigenvalue weighted by Crippen LogP contribution is 2.32.